The normalized spacial score (nSPS) is 11.7. The number of benzene rings is 7. The van der Waals surface area contributed by atoms with E-state index >= 15 is 0 Å². The summed E-state index contributed by atoms with van der Waals surface area (Å²) in [4.78, 5) is 5.11. The van der Waals surface area contributed by atoms with E-state index in [2.05, 4.69) is 103 Å². The number of rotatable bonds is 1. The van der Waals surface area contributed by atoms with E-state index < -0.39 is 0 Å². The van der Waals surface area contributed by atoms with Gasteiger partial charge in [-0.1, -0.05) is 103 Å². The van der Waals surface area contributed by atoms with Crippen molar-refractivity contribution >= 4 is 64.8 Å². The topological polar surface area (TPSA) is 36.7 Å². The van der Waals surface area contributed by atoms with Gasteiger partial charge in [0.05, 0.1) is 17.1 Å². The van der Waals surface area contributed by atoms with Crippen molar-refractivity contribution in [3.8, 4) is 17.2 Å². The summed E-state index contributed by atoms with van der Waals surface area (Å²) in [5.74, 6) is 0. The van der Waals surface area contributed by atoms with Gasteiger partial charge in [0.2, 0.25) is 0 Å². The first-order valence-corrected chi connectivity index (χ1v) is 12.8. The van der Waals surface area contributed by atoms with Crippen molar-refractivity contribution in [3.05, 3.63) is 127 Å². The SMILES string of the molecule is N#Cc1ccc(-c2cccc3c2ncc2c3c3ccccc3c3c4ccccc4c4ccccc4c23)cc1. The minimum absolute atomic E-state index is 0.656. The molecule has 1 aromatic heterocycles. The predicted molar refractivity (Wildman–Crippen MR) is 159 cm³/mol. The molecule has 0 fully saturated rings. The average molecular weight is 481 g/mol. The van der Waals surface area contributed by atoms with Gasteiger partial charge < -0.3 is 0 Å². The van der Waals surface area contributed by atoms with E-state index in [0.717, 1.165) is 22.0 Å². The third-order valence-electron chi connectivity index (χ3n) is 7.89. The van der Waals surface area contributed by atoms with Gasteiger partial charge in [-0.15, -0.1) is 0 Å². The van der Waals surface area contributed by atoms with Crippen LogP contribution in [0.1, 0.15) is 5.56 Å². The summed E-state index contributed by atoms with van der Waals surface area (Å²) < 4.78 is 0. The highest BCUT2D eigenvalue weighted by molar-refractivity contribution is 6.41. The van der Waals surface area contributed by atoms with E-state index in [-0.39, 0.29) is 0 Å². The smallest absolute Gasteiger partial charge is 0.0991 e. The van der Waals surface area contributed by atoms with Gasteiger partial charge in [-0.05, 0) is 55.4 Å². The standard InChI is InChI=1S/C36H20N2/c37-20-22-16-18-23(19-17-22)24-14-7-15-31-33-29-12-5-6-13-30(29)34-27-10-3-1-8-25(27)26-9-2-4-11-28(26)35(34)32(33)21-38-36(24)31/h1-19,21H. The van der Waals surface area contributed by atoms with Crippen molar-refractivity contribution in [1.82, 2.24) is 4.98 Å². The van der Waals surface area contributed by atoms with Crippen LogP contribution in [0.3, 0.4) is 0 Å². The van der Waals surface area contributed by atoms with E-state index in [0.29, 0.717) is 5.56 Å². The van der Waals surface area contributed by atoms with Crippen LogP contribution in [-0.4, -0.2) is 4.98 Å². The maximum absolute atomic E-state index is 9.26. The lowest BCUT2D eigenvalue weighted by Gasteiger charge is -2.17. The molecule has 1 heterocycles. The fraction of sp³-hybridized carbons (Fsp3) is 0. The third kappa shape index (κ3) is 2.79. The molecule has 0 radical (unpaired) electrons. The van der Waals surface area contributed by atoms with Crippen LogP contribution in [0.2, 0.25) is 0 Å². The molecule has 2 heteroatoms. The molecule has 0 aliphatic carbocycles. The fourth-order valence-electron chi connectivity index (χ4n) is 6.28. The first kappa shape index (κ1) is 20.9. The van der Waals surface area contributed by atoms with Crippen LogP contribution in [-0.2, 0) is 0 Å². The summed E-state index contributed by atoms with van der Waals surface area (Å²) in [5, 5.41) is 22.9. The Balaban J connectivity index is 1.63. The molecule has 0 unspecified atom stereocenters. The fourth-order valence-corrected chi connectivity index (χ4v) is 6.28. The lowest BCUT2D eigenvalue weighted by molar-refractivity contribution is 1.44. The molecule has 2 nitrogen and oxygen atoms in total. The molecule has 38 heavy (non-hydrogen) atoms. The lowest BCUT2D eigenvalue weighted by atomic mass is 9.86. The molecular weight excluding hydrogens is 460 g/mol. The van der Waals surface area contributed by atoms with Crippen LogP contribution in [0.15, 0.2) is 121 Å². The van der Waals surface area contributed by atoms with Gasteiger partial charge >= 0.3 is 0 Å². The summed E-state index contributed by atoms with van der Waals surface area (Å²) in [5.41, 5.74) is 3.76. The van der Waals surface area contributed by atoms with Crippen LogP contribution in [0, 0.1) is 11.3 Å². The molecule has 0 aliphatic heterocycles. The predicted octanol–water partition coefficient (Wildman–Crippen LogP) is 9.54. The average Bonchev–Trinajstić information content (AvgIpc) is 3.00. The van der Waals surface area contributed by atoms with E-state index in [4.69, 9.17) is 4.98 Å². The Morgan fingerprint density at radius 1 is 0.447 bits per heavy atom. The Morgan fingerprint density at radius 2 is 0.947 bits per heavy atom. The summed E-state index contributed by atoms with van der Waals surface area (Å²) in [7, 11) is 0. The molecule has 0 atom stereocenters. The van der Waals surface area contributed by atoms with Crippen LogP contribution in [0.4, 0.5) is 0 Å². The van der Waals surface area contributed by atoms with Gasteiger partial charge in [0, 0.05) is 33.3 Å². The van der Waals surface area contributed by atoms with Crippen molar-refractivity contribution < 1.29 is 0 Å². The number of nitrogens with zero attached hydrogens (tertiary/aromatic N) is 2. The zero-order valence-electron chi connectivity index (χ0n) is 20.4. The number of hydrogen-bond donors (Lipinski definition) is 0. The monoisotopic (exact) mass is 480 g/mol. The minimum atomic E-state index is 0.656. The van der Waals surface area contributed by atoms with Gasteiger partial charge in [-0.2, -0.15) is 5.26 Å². The third-order valence-corrected chi connectivity index (χ3v) is 7.89. The van der Waals surface area contributed by atoms with Crippen LogP contribution in [0.5, 0.6) is 0 Å². The first-order chi connectivity index (χ1) is 18.8. The van der Waals surface area contributed by atoms with Gasteiger partial charge in [0.25, 0.3) is 0 Å². The number of aromatic nitrogens is 1. The van der Waals surface area contributed by atoms with Gasteiger partial charge in [0.15, 0.2) is 0 Å². The molecule has 8 aromatic rings. The van der Waals surface area contributed by atoms with Gasteiger partial charge in [-0.3, -0.25) is 4.98 Å². The number of fused-ring (bicyclic) bond motifs is 13. The van der Waals surface area contributed by atoms with Gasteiger partial charge in [-0.25, -0.2) is 0 Å². The van der Waals surface area contributed by atoms with Crippen molar-refractivity contribution in [3.63, 3.8) is 0 Å². The minimum Gasteiger partial charge on any atom is -0.255 e. The molecule has 0 saturated carbocycles. The Hall–Kier alpha value is -5.26. The van der Waals surface area contributed by atoms with E-state index in [1.54, 1.807) is 0 Å². The summed E-state index contributed by atoms with van der Waals surface area (Å²) >= 11 is 0. The van der Waals surface area contributed by atoms with E-state index in [1.807, 2.05) is 24.3 Å². The molecule has 0 amide bonds. The summed E-state index contributed by atoms with van der Waals surface area (Å²) in [6.07, 6.45) is 2.07. The second-order valence-corrected chi connectivity index (χ2v) is 9.82. The molecule has 8 rings (SSSR count). The van der Waals surface area contributed by atoms with E-state index in [9.17, 15) is 5.26 Å². The van der Waals surface area contributed by atoms with Crippen LogP contribution in [0.25, 0.3) is 75.9 Å². The highest BCUT2D eigenvalue weighted by Gasteiger charge is 2.18. The molecule has 0 bridgehead atoms. The van der Waals surface area contributed by atoms with Crippen molar-refractivity contribution in [2.24, 2.45) is 0 Å². The molecule has 174 valence electrons. The van der Waals surface area contributed by atoms with E-state index in [1.165, 1.54) is 53.9 Å². The van der Waals surface area contributed by atoms with Crippen molar-refractivity contribution in [1.29, 1.82) is 5.26 Å². The quantitative estimate of drug-likeness (QED) is 0.219. The van der Waals surface area contributed by atoms with Crippen LogP contribution < -0.4 is 0 Å². The molecular formula is C36H20N2. The largest absolute Gasteiger partial charge is 0.255 e. The highest BCUT2D eigenvalue weighted by Crippen LogP contribution is 2.45. The number of nitriles is 1. The Labute approximate surface area is 219 Å². The Bertz CT molecular complexity index is 2290. The number of pyridine rings is 1. The molecule has 0 spiro atoms. The molecule has 7 aromatic carbocycles. The zero-order chi connectivity index (χ0) is 25.2. The summed E-state index contributed by atoms with van der Waals surface area (Å²) in [6, 6.07) is 42.7. The second kappa shape index (κ2) is 7.87. The second-order valence-electron chi connectivity index (χ2n) is 9.82. The highest BCUT2D eigenvalue weighted by atomic mass is 14.7. The van der Waals surface area contributed by atoms with Crippen molar-refractivity contribution in [2.45, 2.75) is 0 Å². The Kier molecular flexibility index (Phi) is 4.32. The van der Waals surface area contributed by atoms with Gasteiger partial charge in [0.1, 0.15) is 0 Å². The first-order valence-electron chi connectivity index (χ1n) is 12.8. The van der Waals surface area contributed by atoms with Crippen LogP contribution >= 0.6 is 0 Å². The number of hydrogen-bond acceptors (Lipinski definition) is 2. The lowest BCUT2D eigenvalue weighted by Crippen LogP contribution is -1.92. The summed E-state index contributed by atoms with van der Waals surface area (Å²) in [6.45, 7) is 0. The van der Waals surface area contributed by atoms with Crippen molar-refractivity contribution in [2.75, 3.05) is 0 Å². The molecule has 0 aliphatic rings. The maximum Gasteiger partial charge on any atom is 0.0991 e. The number of para-hydroxylation sites is 1. The zero-order valence-corrected chi connectivity index (χ0v) is 20.4. The maximum atomic E-state index is 9.26. The molecule has 0 saturated heterocycles. The Morgan fingerprint density at radius 3 is 1.55 bits per heavy atom. The molecule has 0 N–H and O–H groups in total.